The molecule has 1 N–H and O–H groups in total. The third-order valence-electron chi connectivity index (χ3n) is 1.56. The van der Waals surface area contributed by atoms with Gasteiger partial charge >= 0.3 is 25.8 Å². The molecule has 0 aliphatic heterocycles. The molecule has 0 saturated carbocycles. The lowest BCUT2D eigenvalue weighted by atomic mass is 10.1. The summed E-state index contributed by atoms with van der Waals surface area (Å²) in [7, 11) is 0. The molecule has 0 atom stereocenters. The molecule has 0 heterocycles. The Morgan fingerprint density at radius 2 is 1.93 bits per heavy atom. The third-order valence-corrected chi connectivity index (χ3v) is 3.65. The second-order valence-electron chi connectivity index (χ2n) is 2.65. The maximum atomic E-state index is 13.0. The molecule has 0 fully saturated rings. The van der Waals surface area contributed by atoms with Gasteiger partial charge in [0.2, 0.25) is 0 Å². The summed E-state index contributed by atoms with van der Waals surface area (Å²) >= 11 is -4.16. The molecule has 0 unspecified atom stereocenters. The topological polar surface area (TPSA) is 71.4 Å². The lowest BCUT2D eigenvalue weighted by Crippen LogP contribution is -2.04. The van der Waals surface area contributed by atoms with Crippen LogP contribution >= 0.6 is 19.8 Å². The zero-order valence-electron chi connectivity index (χ0n) is 7.17. The molecule has 0 radical (unpaired) electrons. The van der Waals surface area contributed by atoms with Gasteiger partial charge in [-0.2, -0.15) is 0 Å². The molecule has 1 rings (SSSR count). The Morgan fingerprint density at radius 3 is 2.40 bits per heavy atom. The van der Waals surface area contributed by atoms with Crippen LogP contribution in [0.3, 0.4) is 0 Å². The summed E-state index contributed by atoms with van der Waals surface area (Å²) in [5.74, 6) is -3.58. The van der Waals surface area contributed by atoms with Gasteiger partial charge in [0.05, 0.1) is 6.42 Å². The van der Waals surface area contributed by atoms with Crippen LogP contribution in [0.15, 0.2) is 12.1 Å². The van der Waals surface area contributed by atoms with Crippen LogP contribution in [0.1, 0.15) is 5.56 Å². The molecule has 0 aromatic heterocycles. The predicted octanol–water partition coefficient (Wildman–Crippen LogP) is 1.96. The SMILES string of the molecule is O=C(O)Cc1cc(F)cc(F)c1I(=O)=O. The van der Waals surface area contributed by atoms with Crippen LogP contribution in [0.2, 0.25) is 0 Å². The van der Waals surface area contributed by atoms with Crippen LogP contribution in [0.5, 0.6) is 0 Å². The van der Waals surface area contributed by atoms with E-state index in [1.165, 1.54) is 0 Å². The van der Waals surface area contributed by atoms with Crippen LogP contribution in [-0.4, -0.2) is 11.1 Å². The molecule has 0 aliphatic carbocycles. The zero-order valence-corrected chi connectivity index (χ0v) is 9.33. The Hall–Kier alpha value is -1.12. The van der Waals surface area contributed by atoms with Crippen molar-refractivity contribution in [3.8, 4) is 0 Å². The smallest absolute Gasteiger partial charge is 0.344 e. The van der Waals surface area contributed by atoms with Gasteiger partial charge in [-0.3, -0.25) is 4.79 Å². The van der Waals surface area contributed by atoms with Gasteiger partial charge in [-0.15, -0.1) is 0 Å². The van der Waals surface area contributed by atoms with Gasteiger partial charge in [0.15, 0.2) is 0 Å². The molecule has 0 aliphatic rings. The summed E-state index contributed by atoms with van der Waals surface area (Å²) in [5.41, 5.74) is -0.352. The molecule has 0 spiro atoms. The number of carbonyl (C=O) groups is 1. The molecule has 4 nitrogen and oxygen atoms in total. The first-order chi connectivity index (χ1) is 6.91. The summed E-state index contributed by atoms with van der Waals surface area (Å²) in [4.78, 5) is 10.3. The van der Waals surface area contributed by atoms with Crippen LogP contribution in [0, 0.1) is 15.2 Å². The van der Waals surface area contributed by atoms with E-state index in [1.807, 2.05) is 0 Å². The maximum absolute atomic E-state index is 13.0. The van der Waals surface area contributed by atoms with Crippen LogP contribution in [0.4, 0.5) is 8.78 Å². The molecule has 7 heteroatoms. The normalized spacial score (nSPS) is 10.6. The van der Waals surface area contributed by atoms with Gasteiger partial charge in [0.1, 0.15) is 15.2 Å². The van der Waals surface area contributed by atoms with Crippen molar-refractivity contribution in [2.24, 2.45) is 0 Å². The number of benzene rings is 1. The summed E-state index contributed by atoms with van der Waals surface area (Å²) in [6.45, 7) is 0. The number of hydrogen-bond acceptors (Lipinski definition) is 3. The molecule has 0 bridgehead atoms. The Bertz CT molecular complexity index is 474. The highest BCUT2D eigenvalue weighted by molar-refractivity contribution is 14.2. The van der Waals surface area contributed by atoms with E-state index in [9.17, 15) is 19.7 Å². The van der Waals surface area contributed by atoms with Crippen molar-refractivity contribution in [3.05, 3.63) is 32.9 Å². The monoisotopic (exact) mass is 330 g/mol. The fourth-order valence-electron chi connectivity index (χ4n) is 1.07. The van der Waals surface area contributed by atoms with Gasteiger partial charge < -0.3 is 5.11 Å². The molecule has 0 amide bonds. The van der Waals surface area contributed by atoms with E-state index in [0.29, 0.717) is 12.1 Å². The van der Waals surface area contributed by atoms with Crippen molar-refractivity contribution in [1.82, 2.24) is 0 Å². The van der Waals surface area contributed by atoms with E-state index in [0.717, 1.165) is 0 Å². The van der Waals surface area contributed by atoms with Crippen LogP contribution in [0.25, 0.3) is 0 Å². The zero-order chi connectivity index (χ0) is 11.6. The van der Waals surface area contributed by atoms with Crippen molar-refractivity contribution in [1.29, 1.82) is 0 Å². The average Bonchev–Trinajstić information content (AvgIpc) is 1.99. The number of hydrogen-bond donors (Lipinski definition) is 1. The minimum atomic E-state index is -4.16. The van der Waals surface area contributed by atoms with Crippen molar-refractivity contribution in [3.63, 3.8) is 0 Å². The second-order valence-corrected chi connectivity index (χ2v) is 4.97. The molecule has 15 heavy (non-hydrogen) atoms. The maximum Gasteiger partial charge on any atom is 0.344 e. The lowest BCUT2D eigenvalue weighted by molar-refractivity contribution is -0.136. The van der Waals surface area contributed by atoms with Gasteiger partial charge in [0.25, 0.3) is 0 Å². The molecular formula is C8H5F2IO4. The van der Waals surface area contributed by atoms with Gasteiger partial charge in [0, 0.05) is 6.07 Å². The third kappa shape index (κ3) is 2.91. The summed E-state index contributed by atoms with van der Waals surface area (Å²) in [6.07, 6.45) is -0.720. The fourth-order valence-corrected chi connectivity index (χ4v) is 2.56. The molecule has 0 saturated heterocycles. The Morgan fingerprint density at radius 1 is 1.33 bits per heavy atom. The number of aliphatic carboxylic acids is 1. The largest absolute Gasteiger partial charge is 0.481 e. The standard InChI is InChI=1S/C8H5F2IO4/c9-5-1-4(2-7(12)13)8(11(14)15)6(10)3-5/h1,3H,2H2,(H,12,13). The molecule has 1 aromatic carbocycles. The average molecular weight is 330 g/mol. The van der Waals surface area contributed by atoms with Crippen LogP contribution < -0.4 is 0 Å². The number of rotatable bonds is 3. The summed E-state index contributed by atoms with van der Waals surface area (Å²) < 4.78 is 46.5. The van der Waals surface area contributed by atoms with Crippen molar-refractivity contribution in [2.75, 3.05) is 0 Å². The lowest BCUT2D eigenvalue weighted by Gasteiger charge is -2.01. The fraction of sp³-hybridized carbons (Fsp3) is 0.125. The minimum Gasteiger partial charge on any atom is -0.481 e. The Kier molecular flexibility index (Phi) is 3.66. The Labute approximate surface area is 90.1 Å². The Balaban J connectivity index is 3.39. The molecular weight excluding hydrogens is 325 g/mol. The quantitative estimate of drug-likeness (QED) is 0.679. The van der Waals surface area contributed by atoms with Gasteiger partial charge in [-0.05, 0) is 11.6 Å². The van der Waals surface area contributed by atoms with E-state index in [2.05, 4.69) is 0 Å². The summed E-state index contributed by atoms with van der Waals surface area (Å²) in [5, 5.41) is 8.42. The van der Waals surface area contributed by atoms with Crippen molar-refractivity contribution < 1.29 is 24.8 Å². The highest BCUT2D eigenvalue weighted by atomic mass is 127. The van der Waals surface area contributed by atoms with Gasteiger partial charge in [-0.1, -0.05) is 0 Å². The first-order valence-electron chi connectivity index (χ1n) is 3.67. The van der Waals surface area contributed by atoms with Crippen LogP contribution in [-0.2, 0) is 17.4 Å². The van der Waals surface area contributed by atoms with E-state index in [4.69, 9.17) is 5.11 Å². The number of halogens is 3. The number of carboxylic acids is 1. The van der Waals surface area contributed by atoms with Gasteiger partial charge in [-0.25, -0.2) is 14.9 Å². The number of carboxylic acid groups (broad SMARTS) is 1. The first-order valence-corrected chi connectivity index (χ1v) is 6.51. The highest BCUT2D eigenvalue weighted by Crippen LogP contribution is 2.26. The predicted molar refractivity (Wildman–Crippen MR) is 51.8 cm³/mol. The first kappa shape index (κ1) is 12.0. The van der Waals surface area contributed by atoms with E-state index >= 15 is 0 Å². The van der Waals surface area contributed by atoms with E-state index in [-0.39, 0.29) is 5.56 Å². The highest BCUT2D eigenvalue weighted by Gasteiger charge is 2.17. The molecule has 82 valence electrons. The summed E-state index contributed by atoms with van der Waals surface area (Å²) in [6, 6.07) is 1.13. The van der Waals surface area contributed by atoms with E-state index in [1.54, 1.807) is 0 Å². The minimum absolute atomic E-state index is 0.352. The van der Waals surface area contributed by atoms with Crippen molar-refractivity contribution in [2.45, 2.75) is 6.42 Å². The molecule has 1 aromatic rings. The van der Waals surface area contributed by atoms with Crippen molar-refractivity contribution >= 4 is 25.8 Å². The van der Waals surface area contributed by atoms with E-state index < -0.39 is 47.4 Å². The second kappa shape index (κ2) is 4.60.